The van der Waals surface area contributed by atoms with Gasteiger partial charge in [-0.2, -0.15) is 5.10 Å². The van der Waals surface area contributed by atoms with E-state index in [1.807, 2.05) is 0 Å². The number of halogens is 3. The van der Waals surface area contributed by atoms with E-state index < -0.39 is 23.6 Å². The maximum absolute atomic E-state index is 13.2. The number of benzene rings is 2. The van der Waals surface area contributed by atoms with Crippen molar-refractivity contribution in [2.24, 2.45) is 0 Å². The van der Waals surface area contributed by atoms with Crippen LogP contribution in [0.25, 0.3) is 11.3 Å². The molecule has 0 aliphatic carbocycles. The molecule has 0 aliphatic rings. The van der Waals surface area contributed by atoms with Gasteiger partial charge in [0.05, 0.1) is 12.8 Å². The van der Waals surface area contributed by atoms with Gasteiger partial charge < -0.3 is 14.8 Å². The standard InChI is InChI=1S/C19H16ClF2N3O3/c1-10(28-12-4-5-14(21)15(22)8-12)19(26)23-18-9-16(24-25-18)13-7-11(20)3-6-17(13)27-2/h3-10H,1-2H3,(H2,23,24,25,26). The summed E-state index contributed by atoms with van der Waals surface area (Å²) >= 11 is 6.03. The van der Waals surface area contributed by atoms with Crippen LogP contribution in [0.5, 0.6) is 11.5 Å². The fraction of sp³-hybridized carbons (Fsp3) is 0.158. The summed E-state index contributed by atoms with van der Waals surface area (Å²) in [6.45, 7) is 1.48. The average molecular weight is 408 g/mol. The summed E-state index contributed by atoms with van der Waals surface area (Å²) in [7, 11) is 1.53. The monoisotopic (exact) mass is 407 g/mol. The number of nitrogens with one attached hydrogen (secondary N) is 2. The lowest BCUT2D eigenvalue weighted by Gasteiger charge is -2.13. The number of amides is 1. The number of carbonyl (C=O) groups excluding carboxylic acids is 1. The number of ether oxygens (including phenoxy) is 2. The SMILES string of the molecule is COc1ccc(Cl)cc1-c1cc(NC(=O)C(C)Oc2ccc(F)c(F)c2)n[nH]1. The molecule has 146 valence electrons. The maximum Gasteiger partial charge on any atom is 0.266 e. The van der Waals surface area contributed by atoms with Crippen LogP contribution in [0.15, 0.2) is 42.5 Å². The maximum atomic E-state index is 13.2. The molecule has 2 N–H and O–H groups in total. The molecule has 1 atom stereocenters. The van der Waals surface area contributed by atoms with Gasteiger partial charge in [0.15, 0.2) is 23.6 Å². The Morgan fingerprint density at radius 2 is 1.96 bits per heavy atom. The minimum atomic E-state index is -1.06. The van der Waals surface area contributed by atoms with E-state index >= 15 is 0 Å². The van der Waals surface area contributed by atoms with Gasteiger partial charge in [0.25, 0.3) is 5.91 Å². The van der Waals surface area contributed by atoms with Crippen molar-refractivity contribution in [3.8, 4) is 22.8 Å². The molecule has 0 spiro atoms. The Morgan fingerprint density at radius 1 is 1.18 bits per heavy atom. The predicted molar refractivity (Wildman–Crippen MR) is 101 cm³/mol. The highest BCUT2D eigenvalue weighted by Crippen LogP contribution is 2.32. The fourth-order valence-corrected chi connectivity index (χ4v) is 2.62. The summed E-state index contributed by atoms with van der Waals surface area (Å²) in [4.78, 5) is 12.3. The van der Waals surface area contributed by atoms with Crippen molar-refractivity contribution in [3.63, 3.8) is 0 Å². The molecule has 0 saturated carbocycles. The summed E-state index contributed by atoms with van der Waals surface area (Å²) in [5, 5.41) is 9.93. The van der Waals surface area contributed by atoms with Gasteiger partial charge in [0.2, 0.25) is 0 Å². The third-order valence-corrected chi connectivity index (χ3v) is 4.09. The molecule has 1 heterocycles. The molecule has 2 aromatic carbocycles. The van der Waals surface area contributed by atoms with E-state index in [9.17, 15) is 13.6 Å². The van der Waals surface area contributed by atoms with Gasteiger partial charge in [-0.3, -0.25) is 9.89 Å². The molecule has 1 unspecified atom stereocenters. The number of nitrogens with zero attached hydrogens (tertiary/aromatic N) is 1. The van der Waals surface area contributed by atoms with E-state index in [1.54, 1.807) is 24.3 Å². The molecular weight excluding hydrogens is 392 g/mol. The molecule has 3 aromatic rings. The Labute approximate surface area is 164 Å². The highest BCUT2D eigenvalue weighted by atomic mass is 35.5. The van der Waals surface area contributed by atoms with Gasteiger partial charge >= 0.3 is 0 Å². The van der Waals surface area contributed by atoms with Crippen LogP contribution in [0.2, 0.25) is 5.02 Å². The summed E-state index contributed by atoms with van der Waals surface area (Å²) in [6.07, 6.45) is -0.967. The Kier molecular flexibility index (Phi) is 5.79. The zero-order valence-corrected chi connectivity index (χ0v) is 15.7. The number of carbonyl (C=O) groups is 1. The van der Waals surface area contributed by atoms with E-state index in [-0.39, 0.29) is 11.6 Å². The van der Waals surface area contributed by atoms with Crippen LogP contribution in [0, 0.1) is 11.6 Å². The second kappa shape index (κ2) is 8.26. The number of H-pyrrole nitrogens is 1. The predicted octanol–water partition coefficient (Wildman–Crippen LogP) is 4.42. The minimum Gasteiger partial charge on any atom is -0.496 e. The minimum absolute atomic E-state index is 0.0351. The molecule has 1 aromatic heterocycles. The largest absolute Gasteiger partial charge is 0.496 e. The van der Waals surface area contributed by atoms with E-state index in [1.165, 1.54) is 20.1 Å². The zero-order chi connectivity index (χ0) is 20.3. The van der Waals surface area contributed by atoms with Crippen molar-refractivity contribution >= 4 is 23.3 Å². The first-order chi connectivity index (χ1) is 13.4. The molecule has 6 nitrogen and oxygen atoms in total. The molecule has 0 radical (unpaired) electrons. The van der Waals surface area contributed by atoms with E-state index in [0.717, 1.165) is 12.1 Å². The molecule has 3 rings (SSSR count). The van der Waals surface area contributed by atoms with Crippen LogP contribution < -0.4 is 14.8 Å². The normalized spacial score (nSPS) is 11.8. The third-order valence-electron chi connectivity index (χ3n) is 3.85. The highest BCUT2D eigenvalue weighted by molar-refractivity contribution is 6.31. The number of aromatic nitrogens is 2. The molecule has 0 bridgehead atoms. The van der Waals surface area contributed by atoms with Crippen molar-refractivity contribution in [2.45, 2.75) is 13.0 Å². The summed E-state index contributed by atoms with van der Waals surface area (Å²) in [5.74, 6) is -1.69. The quantitative estimate of drug-likeness (QED) is 0.634. The first-order valence-electron chi connectivity index (χ1n) is 8.19. The number of anilines is 1. The molecule has 0 aliphatic heterocycles. The first kappa shape index (κ1) is 19.6. The Balaban J connectivity index is 1.70. The Bertz CT molecular complexity index is 1010. The van der Waals surface area contributed by atoms with Crippen LogP contribution in [-0.2, 0) is 4.79 Å². The van der Waals surface area contributed by atoms with Gasteiger partial charge in [-0.25, -0.2) is 8.78 Å². The van der Waals surface area contributed by atoms with Crippen LogP contribution in [0.4, 0.5) is 14.6 Å². The van der Waals surface area contributed by atoms with E-state index in [0.29, 0.717) is 22.0 Å². The smallest absolute Gasteiger partial charge is 0.266 e. The number of methoxy groups -OCH3 is 1. The second-order valence-electron chi connectivity index (χ2n) is 5.84. The molecule has 1 amide bonds. The van der Waals surface area contributed by atoms with Crippen molar-refractivity contribution < 1.29 is 23.0 Å². The van der Waals surface area contributed by atoms with E-state index in [2.05, 4.69) is 15.5 Å². The van der Waals surface area contributed by atoms with Crippen LogP contribution >= 0.6 is 11.6 Å². The highest BCUT2D eigenvalue weighted by Gasteiger charge is 2.18. The van der Waals surface area contributed by atoms with Crippen molar-refractivity contribution in [1.82, 2.24) is 10.2 Å². The third kappa shape index (κ3) is 4.40. The molecule has 0 saturated heterocycles. The van der Waals surface area contributed by atoms with Gasteiger partial charge in [-0.1, -0.05) is 11.6 Å². The second-order valence-corrected chi connectivity index (χ2v) is 6.27. The summed E-state index contributed by atoms with van der Waals surface area (Å²) in [5.41, 5.74) is 1.26. The number of hydrogen-bond donors (Lipinski definition) is 2. The van der Waals surface area contributed by atoms with E-state index in [4.69, 9.17) is 21.1 Å². The van der Waals surface area contributed by atoms with Gasteiger partial charge in [-0.15, -0.1) is 0 Å². The van der Waals surface area contributed by atoms with Crippen molar-refractivity contribution in [1.29, 1.82) is 0 Å². The van der Waals surface area contributed by atoms with Crippen LogP contribution in [0.1, 0.15) is 6.92 Å². The van der Waals surface area contributed by atoms with Gasteiger partial charge in [-0.05, 0) is 37.3 Å². The lowest BCUT2D eigenvalue weighted by atomic mass is 10.1. The number of hydrogen-bond acceptors (Lipinski definition) is 4. The lowest BCUT2D eigenvalue weighted by molar-refractivity contribution is -0.122. The van der Waals surface area contributed by atoms with Gasteiger partial charge in [0.1, 0.15) is 11.5 Å². The molecule has 0 fully saturated rings. The van der Waals surface area contributed by atoms with Crippen LogP contribution in [-0.4, -0.2) is 29.3 Å². The van der Waals surface area contributed by atoms with Crippen LogP contribution in [0.3, 0.4) is 0 Å². The molecular formula is C19H16ClF2N3O3. The Hall–Kier alpha value is -3.13. The zero-order valence-electron chi connectivity index (χ0n) is 14.9. The number of rotatable bonds is 6. The summed E-state index contributed by atoms with van der Waals surface area (Å²) < 4.78 is 36.8. The van der Waals surface area contributed by atoms with Crippen molar-refractivity contribution in [2.75, 3.05) is 12.4 Å². The lowest BCUT2D eigenvalue weighted by Crippen LogP contribution is -2.30. The first-order valence-corrected chi connectivity index (χ1v) is 8.57. The topological polar surface area (TPSA) is 76.2 Å². The fourth-order valence-electron chi connectivity index (χ4n) is 2.45. The Morgan fingerprint density at radius 3 is 2.68 bits per heavy atom. The van der Waals surface area contributed by atoms with Gasteiger partial charge in [0, 0.05) is 22.7 Å². The number of aromatic amines is 1. The molecule has 9 heteroatoms. The summed E-state index contributed by atoms with van der Waals surface area (Å²) in [6, 6.07) is 9.75. The van der Waals surface area contributed by atoms with Crippen molar-refractivity contribution in [3.05, 3.63) is 59.1 Å². The molecule has 28 heavy (non-hydrogen) atoms. The average Bonchev–Trinajstić information content (AvgIpc) is 3.13.